The zero-order chi connectivity index (χ0) is 14.5. The van der Waals surface area contributed by atoms with E-state index in [0.29, 0.717) is 0 Å². The number of nitrogens with zero attached hydrogens (tertiary/aromatic N) is 1. The van der Waals surface area contributed by atoms with Crippen LogP contribution < -0.4 is 4.74 Å². The van der Waals surface area contributed by atoms with Crippen molar-refractivity contribution >= 4 is 0 Å². The number of likely N-dealkylation sites (tertiary alicyclic amines) is 1. The summed E-state index contributed by atoms with van der Waals surface area (Å²) >= 11 is 0. The molecule has 0 bridgehead atoms. The molecule has 0 spiro atoms. The van der Waals surface area contributed by atoms with Gasteiger partial charge in [0.25, 0.3) is 0 Å². The maximum absolute atomic E-state index is 10.3. The van der Waals surface area contributed by atoms with E-state index in [4.69, 9.17) is 4.74 Å². The van der Waals surface area contributed by atoms with Crippen LogP contribution in [0.4, 0.5) is 0 Å². The molecule has 1 saturated heterocycles. The predicted molar refractivity (Wildman–Crippen MR) is 82.0 cm³/mol. The molecule has 1 heterocycles. The minimum atomic E-state index is -0.404. The van der Waals surface area contributed by atoms with Gasteiger partial charge >= 0.3 is 0 Å². The third kappa shape index (κ3) is 4.22. The summed E-state index contributed by atoms with van der Waals surface area (Å²) < 4.78 is 5.62. The van der Waals surface area contributed by atoms with Crippen molar-refractivity contribution in [1.29, 1.82) is 0 Å². The topological polar surface area (TPSA) is 32.7 Å². The predicted octanol–water partition coefficient (Wildman–Crippen LogP) is 3.24. The van der Waals surface area contributed by atoms with Crippen LogP contribution in [0.2, 0.25) is 0 Å². The van der Waals surface area contributed by atoms with Crippen molar-refractivity contribution in [3.63, 3.8) is 0 Å². The van der Waals surface area contributed by atoms with Gasteiger partial charge in [-0.1, -0.05) is 25.5 Å². The fourth-order valence-corrected chi connectivity index (χ4v) is 2.80. The molecule has 0 saturated carbocycles. The standard InChI is InChI=1S/C17H27NO2/c1-4-14-9-10-18(11-14)12-17(19)15-5-7-16(8-6-15)20-13(2)3/h5-8,13-14,17,19H,4,9-12H2,1-3H3. The van der Waals surface area contributed by atoms with Gasteiger partial charge in [0.1, 0.15) is 5.75 Å². The summed E-state index contributed by atoms with van der Waals surface area (Å²) in [5.74, 6) is 1.67. The Kier molecular flexibility index (Phi) is 5.44. The minimum absolute atomic E-state index is 0.182. The number of rotatable bonds is 6. The molecule has 1 aliphatic rings. The molecule has 1 N–H and O–H groups in total. The fraction of sp³-hybridized carbons (Fsp3) is 0.647. The molecule has 2 unspecified atom stereocenters. The molecule has 112 valence electrons. The van der Waals surface area contributed by atoms with Crippen molar-refractivity contribution < 1.29 is 9.84 Å². The molecule has 0 aliphatic carbocycles. The van der Waals surface area contributed by atoms with E-state index in [1.807, 2.05) is 38.1 Å². The van der Waals surface area contributed by atoms with Gasteiger partial charge in [0, 0.05) is 13.1 Å². The van der Waals surface area contributed by atoms with Crippen LogP contribution in [-0.2, 0) is 0 Å². The average molecular weight is 277 g/mol. The Morgan fingerprint density at radius 2 is 2.00 bits per heavy atom. The Morgan fingerprint density at radius 3 is 2.55 bits per heavy atom. The Hall–Kier alpha value is -1.06. The summed E-state index contributed by atoms with van der Waals surface area (Å²) in [7, 11) is 0. The quantitative estimate of drug-likeness (QED) is 0.866. The van der Waals surface area contributed by atoms with Crippen molar-refractivity contribution in [2.24, 2.45) is 5.92 Å². The van der Waals surface area contributed by atoms with Crippen molar-refractivity contribution in [3.05, 3.63) is 29.8 Å². The number of β-amino-alcohol motifs (C(OH)–C–C–N with tert-alkyl or cyclic N) is 1. The smallest absolute Gasteiger partial charge is 0.119 e. The Morgan fingerprint density at radius 1 is 1.30 bits per heavy atom. The first kappa shape index (κ1) is 15.3. The van der Waals surface area contributed by atoms with Crippen LogP contribution in [-0.4, -0.2) is 35.7 Å². The zero-order valence-electron chi connectivity index (χ0n) is 12.9. The number of ether oxygens (including phenoxy) is 1. The molecule has 1 aromatic rings. The highest BCUT2D eigenvalue weighted by molar-refractivity contribution is 5.28. The Balaban J connectivity index is 1.87. The van der Waals surface area contributed by atoms with Gasteiger partial charge in [0.2, 0.25) is 0 Å². The van der Waals surface area contributed by atoms with Crippen molar-refractivity contribution in [1.82, 2.24) is 4.90 Å². The molecular weight excluding hydrogens is 250 g/mol. The molecule has 1 fully saturated rings. The molecule has 2 rings (SSSR count). The molecule has 0 aromatic heterocycles. The van der Waals surface area contributed by atoms with Gasteiger partial charge in [0.05, 0.1) is 12.2 Å². The Labute approximate surface area is 122 Å². The summed E-state index contributed by atoms with van der Waals surface area (Å²) in [5, 5.41) is 10.3. The third-order valence-electron chi connectivity index (χ3n) is 4.02. The van der Waals surface area contributed by atoms with Gasteiger partial charge in [-0.25, -0.2) is 0 Å². The third-order valence-corrected chi connectivity index (χ3v) is 4.02. The first-order chi connectivity index (χ1) is 9.58. The summed E-state index contributed by atoms with van der Waals surface area (Å²) in [6.07, 6.45) is 2.29. The average Bonchev–Trinajstić information content (AvgIpc) is 2.86. The lowest BCUT2D eigenvalue weighted by molar-refractivity contribution is 0.124. The van der Waals surface area contributed by atoms with Gasteiger partial charge in [-0.15, -0.1) is 0 Å². The van der Waals surface area contributed by atoms with Gasteiger partial charge in [-0.2, -0.15) is 0 Å². The first-order valence-corrected chi connectivity index (χ1v) is 7.75. The Bertz CT molecular complexity index is 402. The summed E-state index contributed by atoms with van der Waals surface area (Å²) in [5.41, 5.74) is 0.973. The zero-order valence-corrected chi connectivity index (χ0v) is 12.9. The van der Waals surface area contributed by atoms with Crippen molar-refractivity contribution in [2.75, 3.05) is 19.6 Å². The fourth-order valence-electron chi connectivity index (χ4n) is 2.80. The molecule has 3 heteroatoms. The lowest BCUT2D eigenvalue weighted by Crippen LogP contribution is -2.26. The minimum Gasteiger partial charge on any atom is -0.491 e. The monoisotopic (exact) mass is 277 g/mol. The SMILES string of the molecule is CCC1CCN(CC(O)c2ccc(OC(C)C)cc2)C1. The van der Waals surface area contributed by atoms with Gasteiger partial charge in [0.15, 0.2) is 0 Å². The van der Waals surface area contributed by atoms with E-state index in [0.717, 1.165) is 36.9 Å². The van der Waals surface area contributed by atoms with Crippen LogP contribution in [0.25, 0.3) is 0 Å². The van der Waals surface area contributed by atoms with Crippen LogP contribution in [0.3, 0.4) is 0 Å². The molecule has 0 radical (unpaired) electrons. The molecule has 1 aromatic carbocycles. The van der Waals surface area contributed by atoms with Crippen LogP contribution in [0.5, 0.6) is 5.75 Å². The van der Waals surface area contributed by atoms with Crippen molar-refractivity contribution in [2.45, 2.75) is 45.8 Å². The summed E-state index contributed by atoms with van der Waals surface area (Å²) in [6, 6.07) is 7.82. The number of hydrogen-bond donors (Lipinski definition) is 1. The second kappa shape index (κ2) is 7.09. The highest BCUT2D eigenvalue weighted by atomic mass is 16.5. The number of aliphatic hydroxyl groups is 1. The van der Waals surface area contributed by atoms with Crippen LogP contribution in [0.1, 0.15) is 45.3 Å². The normalized spacial score (nSPS) is 21.4. The molecule has 3 nitrogen and oxygen atoms in total. The van der Waals surface area contributed by atoms with E-state index >= 15 is 0 Å². The number of hydrogen-bond acceptors (Lipinski definition) is 3. The highest BCUT2D eigenvalue weighted by Gasteiger charge is 2.23. The van der Waals surface area contributed by atoms with Crippen LogP contribution >= 0.6 is 0 Å². The highest BCUT2D eigenvalue weighted by Crippen LogP contribution is 2.24. The van der Waals surface area contributed by atoms with Gasteiger partial charge in [-0.3, -0.25) is 0 Å². The molecule has 0 amide bonds. The summed E-state index contributed by atoms with van der Waals surface area (Å²) in [6.45, 7) is 9.26. The maximum atomic E-state index is 10.3. The number of aliphatic hydroxyl groups excluding tert-OH is 1. The van der Waals surface area contributed by atoms with Gasteiger partial charge < -0.3 is 14.7 Å². The molecule has 1 aliphatic heterocycles. The van der Waals surface area contributed by atoms with Crippen molar-refractivity contribution in [3.8, 4) is 5.75 Å². The van der Waals surface area contributed by atoms with E-state index < -0.39 is 6.10 Å². The second-order valence-corrected chi connectivity index (χ2v) is 6.07. The van der Waals surface area contributed by atoms with E-state index in [1.54, 1.807) is 0 Å². The lowest BCUT2D eigenvalue weighted by atomic mass is 10.1. The number of benzene rings is 1. The van der Waals surface area contributed by atoms with Crippen LogP contribution in [0.15, 0.2) is 24.3 Å². The maximum Gasteiger partial charge on any atom is 0.119 e. The van der Waals surface area contributed by atoms with Crippen LogP contribution in [0, 0.1) is 5.92 Å². The first-order valence-electron chi connectivity index (χ1n) is 7.75. The van der Waals surface area contributed by atoms with Gasteiger partial charge in [-0.05, 0) is 50.4 Å². The van der Waals surface area contributed by atoms with E-state index in [2.05, 4.69) is 11.8 Å². The molecular formula is C17H27NO2. The van der Waals surface area contributed by atoms with E-state index in [1.165, 1.54) is 12.8 Å². The largest absolute Gasteiger partial charge is 0.491 e. The molecule has 2 atom stereocenters. The van der Waals surface area contributed by atoms with E-state index in [9.17, 15) is 5.11 Å². The molecule has 20 heavy (non-hydrogen) atoms. The second-order valence-electron chi connectivity index (χ2n) is 6.07. The summed E-state index contributed by atoms with van der Waals surface area (Å²) in [4.78, 5) is 2.37. The van der Waals surface area contributed by atoms with E-state index in [-0.39, 0.29) is 6.10 Å². The lowest BCUT2D eigenvalue weighted by Gasteiger charge is -2.20.